The van der Waals surface area contributed by atoms with E-state index >= 15 is 0 Å². The van der Waals surface area contributed by atoms with E-state index in [9.17, 15) is 18.0 Å². The molecule has 0 unspecified atom stereocenters. The number of nitrogens with one attached hydrogen (secondary N) is 1. The smallest absolute Gasteiger partial charge is 0.253 e. The summed E-state index contributed by atoms with van der Waals surface area (Å²) in [5.74, 6) is 5.52. The normalized spacial score (nSPS) is 21.1. The summed E-state index contributed by atoms with van der Waals surface area (Å²) in [7, 11) is -2.23. The molecule has 0 bridgehead atoms. The first-order valence-electron chi connectivity index (χ1n) is 13.1. The highest BCUT2D eigenvalue weighted by atomic mass is 32.2. The van der Waals surface area contributed by atoms with Gasteiger partial charge in [-0.2, -0.15) is 4.83 Å². The molecule has 1 aliphatic heterocycles. The lowest BCUT2D eigenvalue weighted by atomic mass is 9.63. The lowest BCUT2D eigenvalue weighted by Gasteiger charge is -2.49. The van der Waals surface area contributed by atoms with Crippen molar-refractivity contribution in [3.05, 3.63) is 76.6 Å². The van der Waals surface area contributed by atoms with Gasteiger partial charge in [-0.15, -0.1) is 0 Å². The summed E-state index contributed by atoms with van der Waals surface area (Å²) in [6.45, 7) is 8.32. The molecule has 2 aromatic rings. The zero-order valence-corrected chi connectivity index (χ0v) is 23.8. The molecule has 206 valence electrons. The molecule has 39 heavy (non-hydrogen) atoms. The molecule has 0 fully saturated rings. The number of hydrogen-bond acceptors (Lipinski definition) is 7. The Kier molecular flexibility index (Phi) is 6.60. The number of anilines is 1. The summed E-state index contributed by atoms with van der Waals surface area (Å²) in [5, 5.41) is 0. The fraction of sp³-hybridized carbons (Fsp3) is 0.400. The number of nitrogens with two attached hydrogens (primary N) is 1. The van der Waals surface area contributed by atoms with Gasteiger partial charge in [0.05, 0.1) is 12.0 Å². The van der Waals surface area contributed by atoms with Gasteiger partial charge in [-0.3, -0.25) is 15.4 Å². The minimum absolute atomic E-state index is 0.0304. The maximum absolute atomic E-state index is 13.9. The van der Waals surface area contributed by atoms with Crippen LogP contribution >= 0.6 is 0 Å². The Morgan fingerprint density at radius 1 is 0.821 bits per heavy atom. The number of nitrogens with zero attached hydrogens (tertiary/aromatic N) is 1. The van der Waals surface area contributed by atoms with Crippen LogP contribution in [0, 0.1) is 10.8 Å². The molecule has 1 heterocycles. The Labute approximate surface area is 229 Å². The van der Waals surface area contributed by atoms with Crippen LogP contribution in [-0.4, -0.2) is 27.1 Å². The van der Waals surface area contributed by atoms with E-state index < -0.39 is 15.9 Å². The average Bonchev–Trinajstić information content (AvgIpc) is 2.86. The highest BCUT2D eigenvalue weighted by Crippen LogP contribution is 2.55. The number of rotatable bonds is 5. The van der Waals surface area contributed by atoms with Gasteiger partial charge in [0.1, 0.15) is 5.75 Å². The van der Waals surface area contributed by atoms with Crippen molar-refractivity contribution >= 4 is 27.3 Å². The maximum atomic E-state index is 13.9. The molecule has 0 radical (unpaired) electrons. The van der Waals surface area contributed by atoms with Gasteiger partial charge in [0.15, 0.2) is 11.6 Å². The molecule has 9 heteroatoms. The number of ether oxygens (including phenoxy) is 1. The average molecular weight is 550 g/mol. The van der Waals surface area contributed by atoms with Crippen molar-refractivity contribution in [3.63, 3.8) is 0 Å². The van der Waals surface area contributed by atoms with E-state index in [0.29, 0.717) is 48.3 Å². The number of methoxy groups -OCH3 is 1. The van der Waals surface area contributed by atoms with E-state index in [1.54, 1.807) is 19.2 Å². The topological polar surface area (TPSA) is 119 Å². The van der Waals surface area contributed by atoms with E-state index in [-0.39, 0.29) is 27.3 Å². The Bertz CT molecular complexity index is 1460. The molecule has 0 saturated heterocycles. The van der Waals surface area contributed by atoms with E-state index in [4.69, 9.17) is 10.6 Å². The van der Waals surface area contributed by atoms with Crippen LogP contribution in [0.15, 0.2) is 76.0 Å². The first-order chi connectivity index (χ1) is 18.3. The Hall–Kier alpha value is -3.27. The van der Waals surface area contributed by atoms with Gasteiger partial charge in [-0.1, -0.05) is 39.8 Å². The van der Waals surface area contributed by atoms with Gasteiger partial charge in [-0.05, 0) is 65.6 Å². The van der Waals surface area contributed by atoms with Crippen molar-refractivity contribution in [1.29, 1.82) is 0 Å². The van der Waals surface area contributed by atoms with Crippen LogP contribution in [-0.2, 0) is 19.6 Å². The van der Waals surface area contributed by atoms with Crippen molar-refractivity contribution in [3.8, 4) is 5.75 Å². The molecule has 5 rings (SSSR count). The number of hydrazine groups is 1. The predicted octanol–water partition coefficient (Wildman–Crippen LogP) is 4.74. The molecular formula is C30H35N3O5S. The third kappa shape index (κ3) is 4.83. The van der Waals surface area contributed by atoms with E-state index in [0.717, 1.165) is 17.0 Å². The summed E-state index contributed by atoms with van der Waals surface area (Å²) in [5.41, 5.74) is 4.05. The van der Waals surface area contributed by atoms with Crippen LogP contribution < -0.4 is 20.3 Å². The second kappa shape index (κ2) is 9.43. The Morgan fingerprint density at radius 2 is 1.31 bits per heavy atom. The van der Waals surface area contributed by atoms with Crippen LogP contribution in [0.25, 0.3) is 0 Å². The summed E-state index contributed by atoms with van der Waals surface area (Å²) in [4.78, 5) is 31.8. The minimum Gasteiger partial charge on any atom is -0.497 e. The molecule has 0 atom stereocenters. The van der Waals surface area contributed by atoms with Crippen molar-refractivity contribution in [1.82, 2.24) is 4.83 Å². The third-order valence-electron chi connectivity index (χ3n) is 7.92. The number of hydrogen-bond donors (Lipinski definition) is 2. The lowest BCUT2D eigenvalue weighted by molar-refractivity contribution is -0.119. The zero-order valence-electron chi connectivity index (χ0n) is 23.0. The molecule has 8 nitrogen and oxygen atoms in total. The largest absolute Gasteiger partial charge is 0.497 e. The number of sulfonamides is 1. The summed E-state index contributed by atoms with van der Waals surface area (Å²) >= 11 is 0. The number of ketones is 2. The molecule has 2 aliphatic carbocycles. The molecule has 0 saturated carbocycles. The van der Waals surface area contributed by atoms with Gasteiger partial charge < -0.3 is 9.64 Å². The van der Waals surface area contributed by atoms with Crippen LogP contribution in [0.1, 0.15) is 64.9 Å². The van der Waals surface area contributed by atoms with Gasteiger partial charge in [0.25, 0.3) is 10.0 Å². The van der Waals surface area contributed by atoms with Crippen molar-refractivity contribution in [2.75, 3.05) is 12.0 Å². The molecule has 0 amide bonds. The fourth-order valence-electron chi connectivity index (χ4n) is 6.25. The number of carbonyl (C=O) groups excluding carboxylic acids is 2. The van der Waals surface area contributed by atoms with Crippen molar-refractivity contribution < 1.29 is 22.7 Å². The number of benzene rings is 2. The van der Waals surface area contributed by atoms with E-state index in [1.807, 2.05) is 29.1 Å². The zero-order chi connectivity index (χ0) is 28.3. The lowest BCUT2D eigenvalue weighted by Crippen LogP contribution is -2.44. The monoisotopic (exact) mass is 549 g/mol. The second-order valence-corrected chi connectivity index (χ2v) is 14.0. The van der Waals surface area contributed by atoms with Crippen LogP contribution in [0.2, 0.25) is 0 Å². The van der Waals surface area contributed by atoms with Gasteiger partial charge in [-0.25, -0.2) is 8.42 Å². The Morgan fingerprint density at radius 3 is 1.74 bits per heavy atom. The minimum atomic E-state index is -3.83. The van der Waals surface area contributed by atoms with Crippen LogP contribution in [0.5, 0.6) is 5.75 Å². The SMILES string of the molecule is COc1ccc(C2C3=C(CC(C)(C)CC3=O)N(c3ccc(S(=O)(=O)NN)cc3)C3=C2C(=O)CC(C)(C)C3)cc1. The number of Topliss-reactive ketones (excluding diaryl/α,β-unsaturated/α-hetero) is 2. The second-order valence-electron chi connectivity index (χ2n) is 12.3. The third-order valence-corrected chi connectivity index (χ3v) is 9.12. The number of carbonyl (C=O) groups is 2. The maximum Gasteiger partial charge on any atom is 0.253 e. The van der Waals surface area contributed by atoms with Gasteiger partial charge in [0.2, 0.25) is 0 Å². The summed E-state index contributed by atoms with van der Waals surface area (Å²) in [6, 6.07) is 14.0. The van der Waals surface area contributed by atoms with E-state index in [1.165, 1.54) is 12.1 Å². The van der Waals surface area contributed by atoms with Crippen LogP contribution in [0.4, 0.5) is 5.69 Å². The number of allylic oxidation sites excluding steroid dienone is 4. The summed E-state index contributed by atoms with van der Waals surface area (Å²) < 4.78 is 29.9. The standard InChI is InChI=1S/C30H35N3O5S/c1-29(2)14-22-27(24(34)16-29)26(18-6-10-20(38-5)11-7-18)28-23(15-30(3,4)17-25(28)35)33(22)19-8-12-21(13-9-19)39(36,37)32-31/h6-13,26,32H,14-17,31H2,1-5H3. The highest BCUT2D eigenvalue weighted by molar-refractivity contribution is 7.89. The van der Waals surface area contributed by atoms with Crippen molar-refractivity contribution in [2.45, 2.75) is 64.2 Å². The predicted molar refractivity (Wildman–Crippen MR) is 149 cm³/mol. The van der Waals surface area contributed by atoms with Gasteiger partial charge >= 0.3 is 0 Å². The molecule has 2 aromatic carbocycles. The first-order valence-corrected chi connectivity index (χ1v) is 14.5. The van der Waals surface area contributed by atoms with Crippen LogP contribution in [0.3, 0.4) is 0 Å². The quantitative estimate of drug-likeness (QED) is 0.409. The molecular weight excluding hydrogens is 514 g/mol. The molecule has 3 aliphatic rings. The molecule has 3 N–H and O–H groups in total. The van der Waals surface area contributed by atoms with E-state index in [2.05, 4.69) is 32.6 Å². The first kappa shape index (κ1) is 27.3. The van der Waals surface area contributed by atoms with Crippen molar-refractivity contribution in [2.24, 2.45) is 16.7 Å². The fourth-order valence-corrected chi connectivity index (χ4v) is 6.88. The van der Waals surface area contributed by atoms with Gasteiger partial charge in [0, 0.05) is 47.0 Å². The highest BCUT2D eigenvalue weighted by Gasteiger charge is 2.49. The summed E-state index contributed by atoms with van der Waals surface area (Å²) in [6.07, 6.45) is 2.04. The molecule has 0 spiro atoms. The Balaban J connectivity index is 1.78. The molecule has 0 aromatic heterocycles.